The number of alkyl halides is 1. The fraction of sp³-hybridized carbons (Fsp3) is 0.304. The lowest BCUT2D eigenvalue weighted by Crippen LogP contribution is -2.23. The second-order valence-corrected chi connectivity index (χ2v) is 7.83. The maximum absolute atomic E-state index is 13.5. The van der Waals surface area contributed by atoms with Gasteiger partial charge in [-0.15, -0.1) is 0 Å². The quantitative estimate of drug-likeness (QED) is 0.399. The highest BCUT2D eigenvalue weighted by Gasteiger charge is 2.33. The Labute approximate surface area is 177 Å². The maximum atomic E-state index is 13.5. The molecule has 0 saturated heterocycles. The van der Waals surface area contributed by atoms with E-state index in [1.807, 2.05) is 18.2 Å². The van der Waals surface area contributed by atoms with E-state index < -0.39 is 0 Å². The Balaban J connectivity index is 2.13. The molecule has 0 aliphatic heterocycles. The zero-order chi connectivity index (χ0) is 20.7. The normalized spacial score (nSPS) is 12.2. The summed E-state index contributed by atoms with van der Waals surface area (Å²) in [6.07, 6.45) is 1.63. The largest absolute Gasteiger partial charge is 0.493 e. The predicted molar refractivity (Wildman–Crippen MR) is 118 cm³/mol. The number of methoxy groups -OCH3 is 2. The molecular weight excluding hydrogens is 434 g/mol. The molecule has 0 spiro atoms. The van der Waals surface area contributed by atoms with Gasteiger partial charge in [0.2, 0.25) is 0 Å². The molecule has 0 atom stereocenters. The van der Waals surface area contributed by atoms with Gasteiger partial charge in [-0.05, 0) is 36.6 Å². The van der Waals surface area contributed by atoms with Crippen LogP contribution < -0.4 is 15.0 Å². The molecule has 29 heavy (non-hydrogen) atoms. The average molecular weight is 456 g/mol. The summed E-state index contributed by atoms with van der Waals surface area (Å²) in [5.74, 6) is 0.924. The number of rotatable bonds is 6. The van der Waals surface area contributed by atoms with Gasteiger partial charge in [-0.3, -0.25) is 9.59 Å². The van der Waals surface area contributed by atoms with Crippen LogP contribution in [0.25, 0.3) is 22.0 Å². The van der Waals surface area contributed by atoms with Crippen molar-refractivity contribution in [1.82, 2.24) is 4.57 Å². The number of carbonyl (C=O) groups is 1. The minimum absolute atomic E-state index is 0.0462. The van der Waals surface area contributed by atoms with Crippen molar-refractivity contribution in [2.45, 2.75) is 26.3 Å². The Morgan fingerprint density at radius 2 is 1.66 bits per heavy atom. The van der Waals surface area contributed by atoms with Crippen LogP contribution in [0.3, 0.4) is 0 Å². The molecule has 3 aromatic rings. The van der Waals surface area contributed by atoms with Crippen molar-refractivity contribution in [3.63, 3.8) is 0 Å². The molecular formula is C23H22BrNO4. The van der Waals surface area contributed by atoms with Crippen LogP contribution in [0.4, 0.5) is 0 Å². The highest BCUT2D eigenvalue weighted by molar-refractivity contribution is 9.09. The number of fused-ring (bicyclic) bond motifs is 5. The molecule has 1 aliphatic carbocycles. The van der Waals surface area contributed by atoms with Crippen LogP contribution in [0, 0.1) is 0 Å². The monoisotopic (exact) mass is 455 g/mol. The smallest absolute Gasteiger partial charge is 0.259 e. The van der Waals surface area contributed by atoms with Crippen LogP contribution in [-0.2, 0) is 13.0 Å². The molecule has 1 heterocycles. The van der Waals surface area contributed by atoms with Gasteiger partial charge in [0, 0.05) is 28.4 Å². The van der Waals surface area contributed by atoms with Gasteiger partial charge in [-0.2, -0.15) is 0 Å². The number of benzene rings is 2. The van der Waals surface area contributed by atoms with E-state index in [0.29, 0.717) is 45.6 Å². The second-order valence-electron chi connectivity index (χ2n) is 7.04. The summed E-state index contributed by atoms with van der Waals surface area (Å²) in [4.78, 5) is 26.9. The molecule has 0 fully saturated rings. The van der Waals surface area contributed by atoms with E-state index >= 15 is 0 Å². The Bertz CT molecular complexity index is 1200. The van der Waals surface area contributed by atoms with Crippen molar-refractivity contribution in [3.8, 4) is 22.8 Å². The van der Waals surface area contributed by atoms with Gasteiger partial charge in [0.05, 0.1) is 30.9 Å². The Hall–Kier alpha value is -2.60. The van der Waals surface area contributed by atoms with Gasteiger partial charge in [0.15, 0.2) is 17.3 Å². The van der Waals surface area contributed by atoms with Gasteiger partial charge in [0.25, 0.3) is 5.56 Å². The number of halogens is 1. The zero-order valence-corrected chi connectivity index (χ0v) is 18.3. The highest BCUT2D eigenvalue weighted by Crippen LogP contribution is 2.42. The molecule has 2 aromatic carbocycles. The summed E-state index contributed by atoms with van der Waals surface area (Å²) < 4.78 is 12.6. The predicted octanol–water partition coefficient (Wildman–Crippen LogP) is 4.58. The first kappa shape index (κ1) is 19.7. The van der Waals surface area contributed by atoms with E-state index in [2.05, 4.69) is 22.9 Å². The summed E-state index contributed by atoms with van der Waals surface area (Å²) in [5, 5.41) is 1.85. The lowest BCUT2D eigenvalue weighted by atomic mass is 10.0. The van der Waals surface area contributed by atoms with Gasteiger partial charge in [-0.25, -0.2) is 0 Å². The molecule has 0 unspecified atom stereocenters. The molecule has 0 saturated carbocycles. The minimum Gasteiger partial charge on any atom is -0.493 e. The van der Waals surface area contributed by atoms with Crippen molar-refractivity contribution < 1.29 is 14.3 Å². The lowest BCUT2D eigenvalue weighted by Gasteiger charge is -2.16. The first-order valence-electron chi connectivity index (χ1n) is 9.62. The standard InChI is InChI=1S/C23H22BrNO4/c1-4-13-6-7-14-16(10-13)22(26)20-15-11-18(28-2)19(29-3)12-17(15)23(27)25(21(14)20)9-5-8-24/h6-7,10-12H,4-5,8-9H2,1-3H3. The van der Waals surface area contributed by atoms with Gasteiger partial charge < -0.3 is 14.0 Å². The molecule has 0 radical (unpaired) electrons. The maximum Gasteiger partial charge on any atom is 0.259 e. The Morgan fingerprint density at radius 1 is 0.966 bits per heavy atom. The number of nitrogens with zero attached hydrogens (tertiary/aromatic N) is 1. The van der Waals surface area contributed by atoms with E-state index in [-0.39, 0.29) is 11.3 Å². The fourth-order valence-corrected chi connectivity index (χ4v) is 4.30. The van der Waals surface area contributed by atoms with E-state index in [1.165, 1.54) is 7.11 Å². The van der Waals surface area contributed by atoms with Crippen molar-refractivity contribution in [2.75, 3.05) is 19.5 Å². The first-order chi connectivity index (χ1) is 14.0. The summed E-state index contributed by atoms with van der Waals surface area (Å²) >= 11 is 3.45. The minimum atomic E-state index is -0.124. The molecule has 150 valence electrons. The third kappa shape index (κ3) is 2.97. The topological polar surface area (TPSA) is 57.5 Å². The average Bonchev–Trinajstić information content (AvgIpc) is 3.04. The van der Waals surface area contributed by atoms with Crippen molar-refractivity contribution in [2.24, 2.45) is 0 Å². The fourth-order valence-electron chi connectivity index (χ4n) is 4.05. The molecule has 0 N–H and O–H groups in total. The van der Waals surface area contributed by atoms with Crippen molar-refractivity contribution >= 4 is 32.5 Å². The first-order valence-corrected chi connectivity index (χ1v) is 10.7. The van der Waals surface area contributed by atoms with Crippen LogP contribution in [0.2, 0.25) is 0 Å². The third-order valence-electron chi connectivity index (χ3n) is 5.51. The van der Waals surface area contributed by atoms with Gasteiger partial charge in [-0.1, -0.05) is 35.0 Å². The highest BCUT2D eigenvalue weighted by atomic mass is 79.9. The Morgan fingerprint density at radius 3 is 2.28 bits per heavy atom. The van der Waals surface area contributed by atoms with Crippen molar-refractivity contribution in [3.05, 3.63) is 57.4 Å². The molecule has 0 bridgehead atoms. The molecule has 0 amide bonds. The summed E-state index contributed by atoms with van der Waals surface area (Å²) in [6.45, 7) is 2.59. The van der Waals surface area contributed by atoms with E-state index in [9.17, 15) is 9.59 Å². The van der Waals surface area contributed by atoms with E-state index in [0.717, 1.165) is 29.3 Å². The molecule has 5 nitrogen and oxygen atoms in total. The summed E-state index contributed by atoms with van der Waals surface area (Å²) in [5.41, 5.74) is 3.74. The number of hydrogen-bond donors (Lipinski definition) is 0. The number of ether oxygens (including phenoxy) is 2. The summed E-state index contributed by atoms with van der Waals surface area (Å²) in [6, 6.07) is 9.36. The van der Waals surface area contributed by atoms with Crippen molar-refractivity contribution in [1.29, 1.82) is 0 Å². The lowest BCUT2D eigenvalue weighted by molar-refractivity contribution is 0.104. The molecule has 1 aromatic heterocycles. The number of carbonyl (C=O) groups excluding carboxylic acids is 1. The third-order valence-corrected chi connectivity index (χ3v) is 6.07. The summed E-state index contributed by atoms with van der Waals surface area (Å²) in [7, 11) is 3.08. The number of ketones is 1. The Kier molecular flexibility index (Phi) is 5.21. The number of hydrogen-bond acceptors (Lipinski definition) is 4. The second kappa shape index (κ2) is 7.67. The van der Waals surface area contributed by atoms with E-state index in [4.69, 9.17) is 9.47 Å². The molecule has 6 heteroatoms. The number of aryl methyl sites for hydroxylation is 1. The van der Waals surface area contributed by atoms with Crippen LogP contribution in [0.5, 0.6) is 11.5 Å². The zero-order valence-electron chi connectivity index (χ0n) is 16.7. The number of pyridine rings is 1. The molecule has 1 aliphatic rings. The van der Waals surface area contributed by atoms with Crippen LogP contribution >= 0.6 is 15.9 Å². The number of aromatic nitrogens is 1. The SMILES string of the molecule is CCc1ccc2c(c1)C(=O)c1c-2n(CCCBr)c(=O)c2cc(OC)c(OC)cc12. The van der Waals surface area contributed by atoms with Crippen LogP contribution in [0.15, 0.2) is 35.1 Å². The van der Waals surface area contributed by atoms with Gasteiger partial charge >= 0.3 is 0 Å². The molecule has 4 rings (SSSR count). The van der Waals surface area contributed by atoms with Gasteiger partial charge in [0.1, 0.15) is 0 Å². The van der Waals surface area contributed by atoms with E-state index in [1.54, 1.807) is 23.8 Å². The van der Waals surface area contributed by atoms with Crippen LogP contribution in [-0.4, -0.2) is 29.9 Å². The van der Waals surface area contributed by atoms with Crippen LogP contribution in [0.1, 0.15) is 34.8 Å².